The zero-order valence-corrected chi connectivity index (χ0v) is 11.0. The van der Waals surface area contributed by atoms with Crippen molar-refractivity contribution in [2.75, 3.05) is 26.2 Å². The first-order valence-electron chi connectivity index (χ1n) is 6.57. The van der Waals surface area contributed by atoms with Crippen molar-refractivity contribution in [2.24, 2.45) is 5.92 Å². The number of carbonyl (C=O) groups excluding carboxylic acids is 1. The van der Waals surface area contributed by atoms with E-state index in [1.165, 1.54) is 0 Å². The maximum atomic E-state index is 12.4. The van der Waals surface area contributed by atoms with E-state index in [9.17, 15) is 18.0 Å². The molecule has 1 heterocycles. The Hall–Kier alpha value is -0.820. The Balaban J connectivity index is 2.64. The molecule has 7 heteroatoms. The Morgan fingerprint density at radius 1 is 1.47 bits per heavy atom. The fourth-order valence-electron chi connectivity index (χ4n) is 2.38. The third kappa shape index (κ3) is 5.36. The molecule has 0 aliphatic carbocycles. The molecule has 1 saturated heterocycles. The summed E-state index contributed by atoms with van der Waals surface area (Å²) in [5.74, 6) is -0.193. The number of rotatable bonds is 5. The molecule has 2 N–H and O–H groups in total. The molecule has 0 aromatic heterocycles. The summed E-state index contributed by atoms with van der Waals surface area (Å²) >= 11 is 0. The highest BCUT2D eigenvalue weighted by molar-refractivity contribution is 5.82. The Morgan fingerprint density at radius 3 is 2.68 bits per heavy atom. The molecule has 0 aromatic rings. The van der Waals surface area contributed by atoms with Crippen LogP contribution in [-0.4, -0.2) is 54.4 Å². The van der Waals surface area contributed by atoms with Crippen LogP contribution in [0.25, 0.3) is 0 Å². The first-order chi connectivity index (χ1) is 8.87. The molecule has 0 radical (unpaired) electrons. The van der Waals surface area contributed by atoms with Crippen LogP contribution in [0.1, 0.15) is 26.2 Å². The summed E-state index contributed by atoms with van der Waals surface area (Å²) in [5.41, 5.74) is 0. The summed E-state index contributed by atoms with van der Waals surface area (Å²) in [6.07, 6.45) is -2.01. The highest BCUT2D eigenvalue weighted by Crippen LogP contribution is 2.22. The van der Waals surface area contributed by atoms with Gasteiger partial charge in [-0.25, -0.2) is 0 Å². The SMILES string of the molecule is CCC1CCNC(C(=O)N(CCO)CC(F)(F)F)C1. The fourth-order valence-corrected chi connectivity index (χ4v) is 2.38. The molecule has 0 saturated carbocycles. The van der Waals surface area contributed by atoms with Crippen LogP contribution in [0.3, 0.4) is 0 Å². The number of hydrogen-bond acceptors (Lipinski definition) is 3. The number of hydrogen-bond donors (Lipinski definition) is 2. The van der Waals surface area contributed by atoms with Crippen LogP contribution in [0.15, 0.2) is 0 Å². The van der Waals surface area contributed by atoms with E-state index in [1.807, 2.05) is 6.92 Å². The van der Waals surface area contributed by atoms with Crippen molar-refractivity contribution in [1.82, 2.24) is 10.2 Å². The van der Waals surface area contributed by atoms with Gasteiger partial charge in [-0.15, -0.1) is 0 Å². The average Bonchev–Trinajstić information content (AvgIpc) is 2.36. The first-order valence-corrected chi connectivity index (χ1v) is 6.57. The van der Waals surface area contributed by atoms with Crippen LogP contribution in [0, 0.1) is 5.92 Å². The first kappa shape index (κ1) is 16.2. The van der Waals surface area contributed by atoms with Gasteiger partial charge < -0.3 is 15.3 Å². The summed E-state index contributed by atoms with van der Waals surface area (Å²) in [6.45, 7) is 0.604. The van der Waals surface area contributed by atoms with Crippen molar-refractivity contribution in [3.8, 4) is 0 Å². The number of alkyl halides is 3. The number of piperidine rings is 1. The van der Waals surface area contributed by atoms with Crippen molar-refractivity contribution in [3.05, 3.63) is 0 Å². The second-order valence-corrected chi connectivity index (χ2v) is 4.90. The molecule has 4 nitrogen and oxygen atoms in total. The zero-order chi connectivity index (χ0) is 14.5. The third-order valence-electron chi connectivity index (χ3n) is 3.44. The van der Waals surface area contributed by atoms with Crippen molar-refractivity contribution >= 4 is 5.91 Å². The largest absolute Gasteiger partial charge is 0.406 e. The van der Waals surface area contributed by atoms with Gasteiger partial charge in [-0.3, -0.25) is 4.79 Å². The van der Waals surface area contributed by atoms with E-state index in [0.717, 1.165) is 12.8 Å². The van der Waals surface area contributed by atoms with E-state index in [1.54, 1.807) is 0 Å². The number of amides is 1. The van der Waals surface area contributed by atoms with Crippen LogP contribution < -0.4 is 5.32 Å². The molecule has 112 valence electrons. The number of nitrogens with one attached hydrogen (secondary N) is 1. The van der Waals surface area contributed by atoms with E-state index in [2.05, 4.69) is 5.32 Å². The number of halogens is 3. The molecule has 2 unspecified atom stereocenters. The monoisotopic (exact) mass is 282 g/mol. The van der Waals surface area contributed by atoms with Gasteiger partial charge in [0, 0.05) is 6.54 Å². The standard InChI is InChI=1S/C12H21F3N2O2/c1-2-9-3-4-16-10(7-9)11(19)17(5-6-18)8-12(13,14)15/h9-10,16,18H,2-8H2,1H3. The normalized spacial score (nSPS) is 24.3. The molecule has 0 aromatic carbocycles. The van der Waals surface area contributed by atoms with Gasteiger partial charge in [0.2, 0.25) is 5.91 Å². The Labute approximate surface area is 111 Å². The number of carbonyl (C=O) groups is 1. The van der Waals surface area contributed by atoms with E-state index in [-0.39, 0.29) is 6.54 Å². The zero-order valence-electron chi connectivity index (χ0n) is 11.0. The summed E-state index contributed by atoms with van der Waals surface area (Å²) in [5, 5.41) is 11.8. The molecule has 0 bridgehead atoms. The van der Waals surface area contributed by atoms with Crippen LogP contribution in [0.5, 0.6) is 0 Å². The molecule has 19 heavy (non-hydrogen) atoms. The second-order valence-electron chi connectivity index (χ2n) is 4.90. The van der Waals surface area contributed by atoms with Gasteiger partial charge in [0.15, 0.2) is 0 Å². The minimum atomic E-state index is -4.44. The third-order valence-corrected chi connectivity index (χ3v) is 3.44. The second kappa shape index (κ2) is 7.09. The Bertz CT molecular complexity index is 297. The number of aliphatic hydroxyl groups excluding tert-OH is 1. The van der Waals surface area contributed by atoms with Crippen LogP contribution >= 0.6 is 0 Å². The predicted molar refractivity (Wildman–Crippen MR) is 64.5 cm³/mol. The lowest BCUT2D eigenvalue weighted by molar-refractivity contribution is -0.163. The van der Waals surface area contributed by atoms with Crippen LogP contribution in [0.2, 0.25) is 0 Å². The van der Waals surface area contributed by atoms with E-state index >= 15 is 0 Å². The lowest BCUT2D eigenvalue weighted by Crippen LogP contribution is -2.52. The van der Waals surface area contributed by atoms with Gasteiger partial charge in [0.25, 0.3) is 0 Å². The number of aliphatic hydroxyl groups is 1. The molecular formula is C12H21F3N2O2. The molecule has 1 aliphatic heterocycles. The quantitative estimate of drug-likeness (QED) is 0.795. The summed E-state index contributed by atoms with van der Waals surface area (Å²) in [7, 11) is 0. The van der Waals surface area contributed by atoms with Gasteiger partial charge in [-0.1, -0.05) is 13.3 Å². The van der Waals surface area contributed by atoms with Gasteiger partial charge in [-0.05, 0) is 25.3 Å². The smallest absolute Gasteiger partial charge is 0.395 e. The lowest BCUT2D eigenvalue weighted by Gasteiger charge is -2.33. The highest BCUT2D eigenvalue weighted by atomic mass is 19.4. The molecule has 1 amide bonds. The van der Waals surface area contributed by atoms with Crippen molar-refractivity contribution in [3.63, 3.8) is 0 Å². The maximum absolute atomic E-state index is 12.4. The molecule has 1 fully saturated rings. The van der Waals surface area contributed by atoms with Crippen LogP contribution in [0.4, 0.5) is 13.2 Å². The minimum absolute atomic E-state index is 0.284. The minimum Gasteiger partial charge on any atom is -0.395 e. The average molecular weight is 282 g/mol. The van der Waals surface area contributed by atoms with Crippen LogP contribution in [-0.2, 0) is 4.79 Å². The van der Waals surface area contributed by atoms with E-state index in [0.29, 0.717) is 23.8 Å². The fraction of sp³-hybridized carbons (Fsp3) is 0.917. The number of nitrogens with zero attached hydrogens (tertiary/aromatic N) is 1. The van der Waals surface area contributed by atoms with Gasteiger partial charge in [0.05, 0.1) is 12.6 Å². The van der Waals surface area contributed by atoms with Gasteiger partial charge >= 0.3 is 6.18 Å². The molecule has 2 atom stereocenters. The molecule has 1 aliphatic rings. The molecule has 1 rings (SSSR count). The van der Waals surface area contributed by atoms with Crippen molar-refractivity contribution in [1.29, 1.82) is 0 Å². The summed E-state index contributed by atoms with van der Waals surface area (Å²) < 4.78 is 37.2. The maximum Gasteiger partial charge on any atom is 0.406 e. The van der Waals surface area contributed by atoms with Gasteiger partial charge in [0.1, 0.15) is 6.54 Å². The Kier molecular flexibility index (Phi) is 6.06. The predicted octanol–water partition coefficient (Wildman–Crippen LogP) is 1.15. The topological polar surface area (TPSA) is 52.6 Å². The van der Waals surface area contributed by atoms with E-state index in [4.69, 9.17) is 5.11 Å². The van der Waals surface area contributed by atoms with Crippen molar-refractivity contribution in [2.45, 2.75) is 38.4 Å². The summed E-state index contributed by atoms with van der Waals surface area (Å²) in [6, 6.07) is -0.562. The Morgan fingerprint density at radius 2 is 2.16 bits per heavy atom. The molecule has 0 spiro atoms. The summed E-state index contributed by atoms with van der Waals surface area (Å²) in [4.78, 5) is 12.8. The van der Waals surface area contributed by atoms with Crippen molar-refractivity contribution < 1.29 is 23.1 Å². The molecular weight excluding hydrogens is 261 g/mol. The lowest BCUT2D eigenvalue weighted by atomic mass is 9.90. The van der Waals surface area contributed by atoms with Gasteiger partial charge in [-0.2, -0.15) is 13.2 Å². The highest BCUT2D eigenvalue weighted by Gasteiger charge is 2.36. The van der Waals surface area contributed by atoms with E-state index < -0.39 is 31.3 Å².